The lowest BCUT2D eigenvalue weighted by atomic mass is 10.1. The first-order valence-corrected chi connectivity index (χ1v) is 4.46. The van der Waals surface area contributed by atoms with Crippen LogP contribution in [-0.4, -0.2) is 48.8 Å². The Morgan fingerprint density at radius 1 is 1.45 bits per heavy atom. The van der Waals surface area contributed by atoms with Gasteiger partial charge < -0.3 is 10.4 Å². The lowest BCUT2D eigenvalue weighted by Gasteiger charge is -2.35. The first-order chi connectivity index (χ1) is 5.40. The summed E-state index contributed by atoms with van der Waals surface area (Å²) in [5.74, 6) is 0.551. The maximum Gasteiger partial charge on any atom is 0.0471 e. The Balaban J connectivity index is 1.79. The summed E-state index contributed by atoms with van der Waals surface area (Å²) >= 11 is 0. The minimum Gasteiger partial charge on any atom is -0.396 e. The molecule has 0 aromatic rings. The second-order valence-electron chi connectivity index (χ2n) is 3.64. The minimum absolute atomic E-state index is 0.372. The highest BCUT2D eigenvalue weighted by Gasteiger charge is 2.30. The van der Waals surface area contributed by atoms with E-state index in [-0.39, 0.29) is 0 Å². The molecule has 0 aromatic carbocycles. The van der Waals surface area contributed by atoms with Crippen molar-refractivity contribution in [3.05, 3.63) is 0 Å². The van der Waals surface area contributed by atoms with Gasteiger partial charge >= 0.3 is 0 Å². The van der Waals surface area contributed by atoms with E-state index in [4.69, 9.17) is 5.11 Å². The zero-order valence-electron chi connectivity index (χ0n) is 6.79. The van der Waals surface area contributed by atoms with E-state index in [1.807, 2.05) is 0 Å². The number of hydrogen-bond donors (Lipinski definition) is 2. The van der Waals surface area contributed by atoms with E-state index in [0.717, 1.165) is 25.7 Å². The lowest BCUT2D eigenvalue weighted by molar-refractivity contribution is 0.160. The quantitative estimate of drug-likeness (QED) is 0.553. The van der Waals surface area contributed by atoms with Crippen LogP contribution >= 0.6 is 0 Å². The zero-order valence-corrected chi connectivity index (χ0v) is 6.79. The molecule has 1 atom stereocenters. The first-order valence-electron chi connectivity index (χ1n) is 4.46. The van der Waals surface area contributed by atoms with E-state index in [9.17, 15) is 0 Å². The molecule has 2 aliphatic rings. The molecule has 2 N–H and O–H groups in total. The predicted octanol–water partition coefficient (Wildman–Crippen LogP) is -0.728. The number of likely N-dealkylation sites (tertiary alicyclic amines) is 1. The zero-order chi connectivity index (χ0) is 7.68. The summed E-state index contributed by atoms with van der Waals surface area (Å²) in [5.41, 5.74) is 0. The molecule has 0 amide bonds. The smallest absolute Gasteiger partial charge is 0.0471 e. The number of hydrogen-bond acceptors (Lipinski definition) is 3. The third-order valence-electron chi connectivity index (χ3n) is 2.85. The largest absolute Gasteiger partial charge is 0.396 e. The van der Waals surface area contributed by atoms with Gasteiger partial charge in [0.15, 0.2) is 0 Å². The van der Waals surface area contributed by atoms with E-state index in [1.54, 1.807) is 0 Å². The van der Waals surface area contributed by atoms with Crippen LogP contribution in [0.5, 0.6) is 0 Å². The van der Waals surface area contributed by atoms with Crippen molar-refractivity contribution in [3.8, 4) is 0 Å². The van der Waals surface area contributed by atoms with Gasteiger partial charge in [-0.1, -0.05) is 0 Å². The minimum atomic E-state index is 0.372. The molecule has 0 bridgehead atoms. The molecule has 3 heteroatoms. The Bertz CT molecular complexity index is 136. The van der Waals surface area contributed by atoms with Crippen LogP contribution in [0.1, 0.15) is 6.42 Å². The summed E-state index contributed by atoms with van der Waals surface area (Å²) in [7, 11) is 0. The molecular formula is C8H16N2O. The molecule has 2 aliphatic heterocycles. The summed E-state index contributed by atoms with van der Waals surface area (Å²) in [5, 5.41) is 12.2. The second kappa shape index (κ2) is 3.09. The standard InChI is InChI=1S/C8H16N2O/c11-6-7-1-2-10(5-7)8-3-9-4-8/h7-9,11H,1-6H2. The molecule has 1 unspecified atom stereocenters. The molecule has 2 fully saturated rings. The summed E-state index contributed by atoms with van der Waals surface area (Å²) < 4.78 is 0. The summed E-state index contributed by atoms with van der Waals surface area (Å²) in [6, 6.07) is 0.770. The molecule has 2 heterocycles. The average Bonchev–Trinajstić information content (AvgIpc) is 2.32. The van der Waals surface area contributed by atoms with Crippen molar-refractivity contribution in [1.82, 2.24) is 10.2 Å². The van der Waals surface area contributed by atoms with Crippen molar-refractivity contribution >= 4 is 0 Å². The number of aliphatic hydroxyl groups is 1. The third-order valence-corrected chi connectivity index (χ3v) is 2.85. The molecule has 0 saturated carbocycles. The maximum atomic E-state index is 8.91. The van der Waals surface area contributed by atoms with Gasteiger partial charge in [-0.05, 0) is 18.9 Å². The number of rotatable bonds is 2. The molecule has 2 rings (SSSR count). The van der Waals surface area contributed by atoms with Crippen molar-refractivity contribution in [3.63, 3.8) is 0 Å². The Labute approximate surface area is 67.4 Å². The molecule has 0 aliphatic carbocycles. The van der Waals surface area contributed by atoms with Crippen molar-refractivity contribution in [2.24, 2.45) is 5.92 Å². The first kappa shape index (κ1) is 7.53. The summed E-state index contributed by atoms with van der Waals surface area (Å²) in [6.45, 7) is 4.98. The van der Waals surface area contributed by atoms with E-state index in [1.165, 1.54) is 13.0 Å². The Morgan fingerprint density at radius 3 is 2.73 bits per heavy atom. The third kappa shape index (κ3) is 1.41. The highest BCUT2D eigenvalue weighted by Crippen LogP contribution is 2.19. The highest BCUT2D eigenvalue weighted by atomic mass is 16.3. The summed E-state index contributed by atoms with van der Waals surface area (Å²) in [4.78, 5) is 2.50. The molecule has 64 valence electrons. The van der Waals surface area contributed by atoms with Crippen molar-refractivity contribution in [2.75, 3.05) is 32.8 Å². The number of nitrogens with one attached hydrogen (secondary N) is 1. The molecule has 0 radical (unpaired) electrons. The van der Waals surface area contributed by atoms with Crippen LogP contribution in [0.3, 0.4) is 0 Å². The van der Waals surface area contributed by atoms with Gasteiger partial charge in [0.05, 0.1) is 0 Å². The SMILES string of the molecule is OCC1CCN(C2CNC2)C1. The van der Waals surface area contributed by atoms with Gasteiger partial charge in [-0.2, -0.15) is 0 Å². The molecule has 3 nitrogen and oxygen atoms in total. The van der Waals surface area contributed by atoms with Gasteiger partial charge in [0.1, 0.15) is 0 Å². The number of nitrogens with zero attached hydrogens (tertiary/aromatic N) is 1. The molecular weight excluding hydrogens is 140 g/mol. The van der Waals surface area contributed by atoms with Crippen molar-refractivity contribution in [1.29, 1.82) is 0 Å². The monoisotopic (exact) mass is 156 g/mol. The fraction of sp³-hybridized carbons (Fsp3) is 1.00. The van der Waals surface area contributed by atoms with Gasteiger partial charge in [0, 0.05) is 32.3 Å². The molecule has 0 spiro atoms. The molecule has 11 heavy (non-hydrogen) atoms. The predicted molar refractivity (Wildman–Crippen MR) is 43.4 cm³/mol. The molecule has 2 saturated heterocycles. The highest BCUT2D eigenvalue weighted by molar-refractivity contribution is 4.88. The van der Waals surface area contributed by atoms with Gasteiger partial charge in [0.25, 0.3) is 0 Å². The van der Waals surface area contributed by atoms with Crippen LogP contribution < -0.4 is 5.32 Å². The van der Waals surface area contributed by atoms with E-state index in [0.29, 0.717) is 12.5 Å². The van der Waals surface area contributed by atoms with Gasteiger partial charge in [0.2, 0.25) is 0 Å². The lowest BCUT2D eigenvalue weighted by Crippen LogP contribution is -2.56. The fourth-order valence-corrected chi connectivity index (χ4v) is 1.87. The summed E-state index contributed by atoms with van der Waals surface area (Å²) in [6.07, 6.45) is 1.19. The van der Waals surface area contributed by atoms with E-state index >= 15 is 0 Å². The second-order valence-corrected chi connectivity index (χ2v) is 3.64. The van der Waals surface area contributed by atoms with E-state index < -0.39 is 0 Å². The Morgan fingerprint density at radius 2 is 2.27 bits per heavy atom. The van der Waals surface area contributed by atoms with Crippen LogP contribution in [0.2, 0.25) is 0 Å². The average molecular weight is 156 g/mol. The van der Waals surface area contributed by atoms with Crippen LogP contribution in [0.25, 0.3) is 0 Å². The van der Waals surface area contributed by atoms with E-state index in [2.05, 4.69) is 10.2 Å². The van der Waals surface area contributed by atoms with Crippen molar-refractivity contribution in [2.45, 2.75) is 12.5 Å². The van der Waals surface area contributed by atoms with Crippen LogP contribution in [0.4, 0.5) is 0 Å². The van der Waals surface area contributed by atoms with Crippen LogP contribution in [0, 0.1) is 5.92 Å². The Kier molecular flexibility index (Phi) is 2.11. The Hall–Kier alpha value is -0.120. The number of aliphatic hydroxyl groups excluding tert-OH is 1. The van der Waals surface area contributed by atoms with Gasteiger partial charge in [-0.15, -0.1) is 0 Å². The topological polar surface area (TPSA) is 35.5 Å². The fourth-order valence-electron chi connectivity index (χ4n) is 1.87. The van der Waals surface area contributed by atoms with Gasteiger partial charge in [-0.25, -0.2) is 0 Å². The van der Waals surface area contributed by atoms with Crippen LogP contribution in [0.15, 0.2) is 0 Å². The van der Waals surface area contributed by atoms with Gasteiger partial charge in [-0.3, -0.25) is 4.90 Å². The normalized spacial score (nSPS) is 34.1. The maximum absolute atomic E-state index is 8.91. The van der Waals surface area contributed by atoms with Crippen LogP contribution in [-0.2, 0) is 0 Å². The van der Waals surface area contributed by atoms with Crippen molar-refractivity contribution < 1.29 is 5.11 Å². The molecule has 0 aromatic heterocycles.